The lowest BCUT2D eigenvalue weighted by Gasteiger charge is -2.16. The van der Waals surface area contributed by atoms with Crippen LogP contribution in [-0.4, -0.2) is 22.3 Å². The molecule has 2 rings (SSSR count). The van der Waals surface area contributed by atoms with Crippen molar-refractivity contribution in [3.63, 3.8) is 0 Å². The van der Waals surface area contributed by atoms with Gasteiger partial charge in [0, 0.05) is 17.3 Å². The molecule has 1 heterocycles. The van der Waals surface area contributed by atoms with Crippen molar-refractivity contribution >= 4 is 16.7 Å². The fourth-order valence-corrected chi connectivity index (χ4v) is 2.15. The molecule has 2 N–H and O–H groups in total. The van der Waals surface area contributed by atoms with Crippen LogP contribution in [0.2, 0.25) is 0 Å². The normalized spacial score (nSPS) is 10.6. The van der Waals surface area contributed by atoms with Gasteiger partial charge in [0.2, 0.25) is 0 Å². The second-order valence-electron chi connectivity index (χ2n) is 4.36. The van der Waals surface area contributed by atoms with E-state index in [0.29, 0.717) is 23.0 Å². The van der Waals surface area contributed by atoms with Crippen molar-refractivity contribution in [1.29, 1.82) is 0 Å². The third-order valence-electron chi connectivity index (χ3n) is 3.06. The quantitative estimate of drug-likeness (QED) is 0.881. The number of rotatable bonds is 4. The molecular weight excluding hydrogens is 244 g/mol. The van der Waals surface area contributed by atoms with Crippen LogP contribution >= 0.6 is 0 Å². The second kappa shape index (κ2) is 5.14. The number of hydrogen-bond acceptors (Lipinski definition) is 3. The number of nitrogens with zero attached hydrogens (tertiary/aromatic N) is 1. The van der Waals surface area contributed by atoms with Crippen LogP contribution in [0.4, 0.5) is 0 Å². The van der Waals surface area contributed by atoms with Gasteiger partial charge in [0.15, 0.2) is 0 Å². The predicted octanol–water partition coefficient (Wildman–Crippen LogP) is 1.96. The molecule has 0 radical (unpaired) electrons. The molecule has 0 saturated heterocycles. The summed E-state index contributed by atoms with van der Waals surface area (Å²) in [5.74, 6) is -1.03. The van der Waals surface area contributed by atoms with E-state index in [9.17, 15) is 14.7 Å². The van der Waals surface area contributed by atoms with Crippen LogP contribution in [0.5, 0.6) is 0 Å². The minimum atomic E-state index is -1.03. The van der Waals surface area contributed by atoms with Gasteiger partial charge in [-0.3, -0.25) is 4.79 Å². The Morgan fingerprint density at radius 2 is 1.95 bits per heavy atom. The average molecular weight is 260 g/mol. The van der Waals surface area contributed by atoms with Crippen molar-refractivity contribution < 1.29 is 9.90 Å². The zero-order chi connectivity index (χ0) is 14.0. The van der Waals surface area contributed by atoms with E-state index in [1.807, 2.05) is 6.92 Å². The molecule has 0 amide bonds. The molecule has 0 atom stereocenters. The molecule has 5 heteroatoms. The number of benzene rings is 1. The van der Waals surface area contributed by atoms with Crippen molar-refractivity contribution in [3.05, 3.63) is 45.9 Å². The Balaban J connectivity index is 2.83. The van der Waals surface area contributed by atoms with E-state index in [1.54, 1.807) is 31.2 Å². The van der Waals surface area contributed by atoms with Gasteiger partial charge in [0.1, 0.15) is 0 Å². The summed E-state index contributed by atoms with van der Waals surface area (Å²) in [7, 11) is 0. The fourth-order valence-electron chi connectivity index (χ4n) is 2.15. The van der Waals surface area contributed by atoms with Crippen LogP contribution < -0.4 is 11.0 Å². The van der Waals surface area contributed by atoms with Crippen LogP contribution in [0.1, 0.15) is 29.4 Å². The molecule has 0 fully saturated rings. The van der Waals surface area contributed by atoms with Gasteiger partial charge in [-0.2, -0.15) is 0 Å². The molecule has 5 nitrogen and oxygen atoms in total. The summed E-state index contributed by atoms with van der Waals surface area (Å²) in [6.45, 7) is 4.23. The summed E-state index contributed by atoms with van der Waals surface area (Å²) in [5.41, 5.74) is 3.33. The standard InChI is InChI=1S/C14H16N2O3/c1-3-8-15-16-9(2)12(14(18)19)10-6-4-5-7-11(10)13(16)17/h4-7,15H,3,8H2,1-2H3,(H,18,19). The van der Waals surface area contributed by atoms with Crippen LogP contribution in [0.25, 0.3) is 10.8 Å². The highest BCUT2D eigenvalue weighted by atomic mass is 16.4. The van der Waals surface area contributed by atoms with Crippen molar-refractivity contribution in [2.75, 3.05) is 12.0 Å². The van der Waals surface area contributed by atoms with Gasteiger partial charge < -0.3 is 10.5 Å². The Hall–Kier alpha value is -2.30. The molecular formula is C14H16N2O3. The smallest absolute Gasteiger partial charge is 0.338 e. The Kier molecular flexibility index (Phi) is 3.55. The number of fused-ring (bicyclic) bond motifs is 1. The molecule has 0 aliphatic rings. The summed E-state index contributed by atoms with van der Waals surface area (Å²) in [6, 6.07) is 6.78. The SMILES string of the molecule is CCCNn1c(C)c(C(=O)O)c2ccccc2c1=O. The summed E-state index contributed by atoms with van der Waals surface area (Å²) in [5, 5.41) is 10.3. The lowest BCUT2D eigenvalue weighted by Crippen LogP contribution is -2.33. The Morgan fingerprint density at radius 3 is 2.53 bits per heavy atom. The third-order valence-corrected chi connectivity index (χ3v) is 3.06. The van der Waals surface area contributed by atoms with E-state index in [2.05, 4.69) is 5.43 Å². The first-order valence-corrected chi connectivity index (χ1v) is 6.19. The second-order valence-corrected chi connectivity index (χ2v) is 4.36. The minimum absolute atomic E-state index is 0.166. The lowest BCUT2D eigenvalue weighted by molar-refractivity contribution is 0.0697. The number of carboxylic acids is 1. The third kappa shape index (κ3) is 2.19. The van der Waals surface area contributed by atoms with Gasteiger partial charge in [0.05, 0.1) is 11.3 Å². The molecule has 1 aromatic carbocycles. The maximum atomic E-state index is 12.3. The highest BCUT2D eigenvalue weighted by Crippen LogP contribution is 2.18. The van der Waals surface area contributed by atoms with Gasteiger partial charge in [-0.25, -0.2) is 9.47 Å². The van der Waals surface area contributed by atoms with E-state index >= 15 is 0 Å². The molecule has 19 heavy (non-hydrogen) atoms. The maximum absolute atomic E-state index is 12.3. The number of carbonyl (C=O) groups is 1. The first-order chi connectivity index (χ1) is 9.07. The molecule has 0 bridgehead atoms. The molecule has 0 aliphatic heterocycles. The van der Waals surface area contributed by atoms with Crippen LogP contribution in [0.15, 0.2) is 29.1 Å². The predicted molar refractivity (Wildman–Crippen MR) is 74.4 cm³/mol. The van der Waals surface area contributed by atoms with E-state index < -0.39 is 5.97 Å². The van der Waals surface area contributed by atoms with Crippen molar-refractivity contribution in [2.24, 2.45) is 0 Å². The highest BCUT2D eigenvalue weighted by Gasteiger charge is 2.18. The molecule has 0 spiro atoms. The van der Waals surface area contributed by atoms with E-state index in [0.717, 1.165) is 6.42 Å². The van der Waals surface area contributed by atoms with E-state index in [4.69, 9.17) is 0 Å². The summed E-state index contributed by atoms with van der Waals surface area (Å²) in [4.78, 5) is 23.8. The van der Waals surface area contributed by atoms with Crippen molar-refractivity contribution in [1.82, 2.24) is 4.68 Å². The number of aromatic nitrogens is 1. The average Bonchev–Trinajstić information content (AvgIpc) is 2.38. The van der Waals surface area contributed by atoms with Gasteiger partial charge in [-0.15, -0.1) is 0 Å². The Labute approximate surface area is 110 Å². The van der Waals surface area contributed by atoms with Gasteiger partial charge >= 0.3 is 5.97 Å². The molecule has 0 unspecified atom stereocenters. The molecule has 0 aliphatic carbocycles. The summed E-state index contributed by atoms with van der Waals surface area (Å²) >= 11 is 0. The zero-order valence-electron chi connectivity index (χ0n) is 10.9. The molecule has 2 aromatic rings. The first kappa shape index (κ1) is 13.1. The number of pyridine rings is 1. The summed E-state index contributed by atoms with van der Waals surface area (Å²) in [6.07, 6.45) is 0.848. The fraction of sp³-hybridized carbons (Fsp3) is 0.286. The van der Waals surface area contributed by atoms with Crippen LogP contribution in [0.3, 0.4) is 0 Å². The Morgan fingerprint density at radius 1 is 1.32 bits per heavy atom. The lowest BCUT2D eigenvalue weighted by atomic mass is 10.0. The van der Waals surface area contributed by atoms with Gasteiger partial charge in [-0.1, -0.05) is 25.1 Å². The van der Waals surface area contributed by atoms with Gasteiger partial charge in [-0.05, 0) is 19.4 Å². The minimum Gasteiger partial charge on any atom is -0.478 e. The zero-order valence-corrected chi connectivity index (χ0v) is 10.9. The van der Waals surface area contributed by atoms with Crippen LogP contribution in [0, 0.1) is 6.92 Å². The monoisotopic (exact) mass is 260 g/mol. The molecule has 100 valence electrons. The van der Waals surface area contributed by atoms with Crippen molar-refractivity contribution in [2.45, 2.75) is 20.3 Å². The number of hydrogen-bond donors (Lipinski definition) is 2. The van der Waals surface area contributed by atoms with E-state index in [-0.39, 0.29) is 11.1 Å². The van der Waals surface area contributed by atoms with Crippen LogP contribution in [-0.2, 0) is 0 Å². The Bertz CT molecular complexity index is 689. The van der Waals surface area contributed by atoms with E-state index in [1.165, 1.54) is 4.68 Å². The topological polar surface area (TPSA) is 71.3 Å². The number of carboxylic acid groups (broad SMARTS) is 1. The highest BCUT2D eigenvalue weighted by molar-refractivity contribution is 6.04. The first-order valence-electron chi connectivity index (χ1n) is 6.19. The number of nitrogens with one attached hydrogen (secondary N) is 1. The largest absolute Gasteiger partial charge is 0.478 e. The van der Waals surface area contributed by atoms with Crippen molar-refractivity contribution in [3.8, 4) is 0 Å². The molecule has 0 saturated carbocycles. The summed E-state index contributed by atoms with van der Waals surface area (Å²) < 4.78 is 1.33. The molecule has 1 aromatic heterocycles. The van der Waals surface area contributed by atoms with Gasteiger partial charge in [0.25, 0.3) is 5.56 Å². The maximum Gasteiger partial charge on any atom is 0.338 e. The number of aromatic carboxylic acids is 1.